The van der Waals surface area contributed by atoms with Crippen molar-refractivity contribution in [1.82, 2.24) is 20.5 Å². The normalized spacial score (nSPS) is 20.1. The Hall–Kier alpha value is -2.81. The molecule has 3 heterocycles. The molecular weight excluding hydrogens is 362 g/mol. The Balaban J connectivity index is 1.73. The second-order valence-electron chi connectivity index (χ2n) is 6.30. The molecule has 1 aliphatic heterocycles. The highest BCUT2D eigenvalue weighted by Crippen LogP contribution is 2.33. The molecule has 1 aromatic carbocycles. The van der Waals surface area contributed by atoms with Crippen molar-refractivity contribution < 1.29 is 17.6 Å². The molecule has 5 nitrogen and oxygen atoms in total. The average molecular weight is 377 g/mol. The number of anilines is 1. The van der Waals surface area contributed by atoms with Crippen LogP contribution in [0, 0.1) is 0 Å². The van der Waals surface area contributed by atoms with Crippen LogP contribution in [0.25, 0.3) is 22.2 Å². The molecule has 9 heteroatoms. The van der Waals surface area contributed by atoms with Gasteiger partial charge in [-0.15, -0.1) is 10.2 Å². The van der Waals surface area contributed by atoms with Crippen LogP contribution < -0.4 is 10.6 Å². The van der Waals surface area contributed by atoms with Crippen molar-refractivity contribution in [2.45, 2.75) is 18.4 Å². The van der Waals surface area contributed by atoms with Crippen LogP contribution in [0.4, 0.5) is 23.4 Å². The van der Waals surface area contributed by atoms with E-state index < -0.39 is 24.0 Å². The minimum Gasteiger partial charge on any atom is -0.361 e. The number of nitrogens with one attached hydrogen (secondary N) is 2. The Morgan fingerprint density at radius 1 is 1.04 bits per heavy atom. The van der Waals surface area contributed by atoms with Crippen LogP contribution in [0.3, 0.4) is 0 Å². The minimum absolute atomic E-state index is 0.269. The SMILES string of the molecule is F[C@H]1CNC[C@H]1Nc1nnc(-c2ccc(C(F)(F)F)cc2)c2ncccc12. The van der Waals surface area contributed by atoms with E-state index in [1.165, 1.54) is 12.1 Å². The summed E-state index contributed by atoms with van der Waals surface area (Å²) < 4.78 is 52.2. The number of halogens is 4. The molecule has 0 saturated carbocycles. The molecule has 2 aromatic heterocycles. The van der Waals surface area contributed by atoms with E-state index in [1.807, 2.05) is 0 Å². The van der Waals surface area contributed by atoms with E-state index >= 15 is 0 Å². The van der Waals surface area contributed by atoms with Gasteiger partial charge in [0.25, 0.3) is 0 Å². The van der Waals surface area contributed by atoms with Gasteiger partial charge in [0.1, 0.15) is 17.4 Å². The Bertz CT molecular complexity index is 958. The third-order valence-corrected chi connectivity index (χ3v) is 4.49. The Morgan fingerprint density at radius 2 is 1.81 bits per heavy atom. The lowest BCUT2D eigenvalue weighted by atomic mass is 10.1. The van der Waals surface area contributed by atoms with Crippen LogP contribution in [0.5, 0.6) is 0 Å². The Morgan fingerprint density at radius 3 is 2.48 bits per heavy atom. The largest absolute Gasteiger partial charge is 0.416 e. The van der Waals surface area contributed by atoms with Crippen molar-refractivity contribution in [3.05, 3.63) is 48.2 Å². The van der Waals surface area contributed by atoms with Crippen LogP contribution in [-0.2, 0) is 6.18 Å². The molecule has 0 radical (unpaired) electrons. The van der Waals surface area contributed by atoms with E-state index in [2.05, 4.69) is 25.8 Å². The van der Waals surface area contributed by atoms with Gasteiger partial charge in [0.05, 0.1) is 11.6 Å². The van der Waals surface area contributed by atoms with Crippen molar-refractivity contribution in [2.24, 2.45) is 0 Å². The number of alkyl halides is 4. The second kappa shape index (κ2) is 6.73. The molecule has 2 atom stereocenters. The lowest BCUT2D eigenvalue weighted by Crippen LogP contribution is -2.30. The maximum absolute atomic E-state index is 13.9. The second-order valence-corrected chi connectivity index (χ2v) is 6.30. The molecular formula is C18H15F4N5. The van der Waals surface area contributed by atoms with Gasteiger partial charge in [0.2, 0.25) is 0 Å². The van der Waals surface area contributed by atoms with Crippen molar-refractivity contribution >= 4 is 16.7 Å². The minimum atomic E-state index is -4.41. The van der Waals surface area contributed by atoms with E-state index in [4.69, 9.17) is 0 Å². The molecule has 1 aliphatic rings. The number of aromatic nitrogens is 3. The fraction of sp³-hybridized carbons (Fsp3) is 0.278. The zero-order chi connectivity index (χ0) is 19.0. The molecule has 2 N–H and O–H groups in total. The predicted molar refractivity (Wildman–Crippen MR) is 92.9 cm³/mol. The van der Waals surface area contributed by atoms with Gasteiger partial charge in [-0.1, -0.05) is 12.1 Å². The number of fused-ring (bicyclic) bond motifs is 1. The summed E-state index contributed by atoms with van der Waals surface area (Å²) in [5, 5.41) is 14.9. The summed E-state index contributed by atoms with van der Waals surface area (Å²) in [6, 6.07) is 7.72. The number of rotatable bonds is 3. The smallest absolute Gasteiger partial charge is 0.361 e. The highest BCUT2D eigenvalue weighted by molar-refractivity contribution is 5.97. The first-order chi connectivity index (χ1) is 12.9. The van der Waals surface area contributed by atoms with Gasteiger partial charge in [0.15, 0.2) is 5.82 Å². The molecule has 0 aliphatic carbocycles. The van der Waals surface area contributed by atoms with E-state index in [0.29, 0.717) is 34.5 Å². The molecule has 0 spiro atoms. The molecule has 4 rings (SSSR count). The van der Waals surface area contributed by atoms with E-state index in [1.54, 1.807) is 18.3 Å². The Labute approximate surface area is 151 Å². The maximum atomic E-state index is 13.9. The van der Waals surface area contributed by atoms with Crippen LogP contribution in [0.2, 0.25) is 0 Å². The van der Waals surface area contributed by atoms with Gasteiger partial charge in [-0.2, -0.15) is 13.2 Å². The van der Waals surface area contributed by atoms with Crippen LogP contribution in [0.1, 0.15) is 5.56 Å². The number of nitrogens with zero attached hydrogens (tertiary/aromatic N) is 3. The summed E-state index contributed by atoms with van der Waals surface area (Å²) in [5.74, 6) is 0.394. The van der Waals surface area contributed by atoms with Crippen LogP contribution in [-0.4, -0.2) is 40.5 Å². The van der Waals surface area contributed by atoms with Gasteiger partial charge in [-0.25, -0.2) is 4.39 Å². The van der Waals surface area contributed by atoms with Gasteiger partial charge in [0, 0.05) is 30.2 Å². The Kier molecular flexibility index (Phi) is 4.39. The summed E-state index contributed by atoms with van der Waals surface area (Å²) in [6.45, 7) is 0.732. The lowest BCUT2D eigenvalue weighted by molar-refractivity contribution is -0.137. The van der Waals surface area contributed by atoms with Crippen LogP contribution in [0.15, 0.2) is 42.6 Å². The van der Waals surface area contributed by atoms with Crippen LogP contribution >= 0.6 is 0 Å². The summed E-state index contributed by atoms with van der Waals surface area (Å²) in [7, 11) is 0. The molecule has 0 bridgehead atoms. The molecule has 0 amide bonds. The topological polar surface area (TPSA) is 62.7 Å². The predicted octanol–water partition coefficient (Wildman–Crippen LogP) is 3.43. The van der Waals surface area contributed by atoms with Gasteiger partial charge in [-0.3, -0.25) is 4.98 Å². The van der Waals surface area contributed by atoms with Gasteiger partial charge in [-0.05, 0) is 24.3 Å². The summed E-state index contributed by atoms with van der Waals surface area (Å²) in [5.41, 5.74) is 0.580. The van der Waals surface area contributed by atoms with Crippen molar-refractivity contribution in [3.63, 3.8) is 0 Å². The standard InChI is InChI=1S/C18H15F4N5/c19-13-8-23-9-14(13)25-17-12-2-1-7-24-16(12)15(26-27-17)10-3-5-11(6-4-10)18(20,21)22/h1-7,13-14,23H,8-9H2,(H,25,27)/t13-,14+/m0/s1. The first-order valence-corrected chi connectivity index (χ1v) is 8.34. The fourth-order valence-electron chi connectivity index (χ4n) is 3.07. The highest BCUT2D eigenvalue weighted by atomic mass is 19.4. The third kappa shape index (κ3) is 3.42. The molecule has 1 saturated heterocycles. The highest BCUT2D eigenvalue weighted by Gasteiger charge is 2.30. The average Bonchev–Trinajstić information content (AvgIpc) is 3.06. The van der Waals surface area contributed by atoms with E-state index in [0.717, 1.165) is 12.1 Å². The zero-order valence-corrected chi connectivity index (χ0v) is 14.0. The quantitative estimate of drug-likeness (QED) is 0.685. The summed E-state index contributed by atoms with van der Waals surface area (Å²) in [6.07, 6.45) is -3.89. The summed E-state index contributed by atoms with van der Waals surface area (Å²) in [4.78, 5) is 4.31. The molecule has 27 heavy (non-hydrogen) atoms. The molecule has 3 aromatic rings. The maximum Gasteiger partial charge on any atom is 0.416 e. The third-order valence-electron chi connectivity index (χ3n) is 4.49. The van der Waals surface area contributed by atoms with Gasteiger partial charge >= 0.3 is 6.18 Å². The number of hydrogen-bond acceptors (Lipinski definition) is 5. The molecule has 0 unspecified atom stereocenters. The van der Waals surface area contributed by atoms with E-state index in [9.17, 15) is 17.6 Å². The van der Waals surface area contributed by atoms with Gasteiger partial charge < -0.3 is 10.6 Å². The monoisotopic (exact) mass is 377 g/mol. The fourth-order valence-corrected chi connectivity index (χ4v) is 3.07. The number of pyridine rings is 1. The number of benzene rings is 1. The first-order valence-electron chi connectivity index (χ1n) is 8.34. The zero-order valence-electron chi connectivity index (χ0n) is 14.0. The first kappa shape index (κ1) is 17.6. The summed E-state index contributed by atoms with van der Waals surface area (Å²) >= 11 is 0. The lowest BCUT2D eigenvalue weighted by Gasteiger charge is -2.16. The molecule has 140 valence electrons. The molecule has 1 fully saturated rings. The number of hydrogen-bond donors (Lipinski definition) is 2. The van der Waals surface area contributed by atoms with Crippen molar-refractivity contribution in [2.75, 3.05) is 18.4 Å². The van der Waals surface area contributed by atoms with Crippen molar-refractivity contribution in [3.8, 4) is 11.3 Å². The van der Waals surface area contributed by atoms with E-state index in [-0.39, 0.29) is 6.54 Å². The van der Waals surface area contributed by atoms with Crippen molar-refractivity contribution in [1.29, 1.82) is 0 Å².